The molecule has 2 aromatic carbocycles. The Morgan fingerprint density at radius 3 is 2.04 bits per heavy atom. The molecule has 0 aliphatic heterocycles. The maximum atomic E-state index is 12.4. The lowest BCUT2D eigenvalue weighted by atomic mass is 10.0. The van der Waals surface area contributed by atoms with Crippen LogP contribution in [0, 0.1) is 0 Å². The summed E-state index contributed by atoms with van der Waals surface area (Å²) in [6.07, 6.45) is 4.73. The number of hydrogen-bond donors (Lipinski definition) is 0. The first-order valence-corrected chi connectivity index (χ1v) is 9.53. The van der Waals surface area contributed by atoms with E-state index >= 15 is 0 Å². The lowest BCUT2D eigenvalue weighted by Crippen LogP contribution is -2.12. The highest BCUT2D eigenvalue weighted by molar-refractivity contribution is 9.10. The molecule has 0 aliphatic carbocycles. The number of hydrogen-bond acceptors (Lipinski definition) is 3. The third kappa shape index (κ3) is 7.00. The monoisotopic (exact) mass is 403 g/mol. The van der Waals surface area contributed by atoms with E-state index in [0.717, 1.165) is 29.8 Å². The Morgan fingerprint density at radius 2 is 1.44 bits per heavy atom. The Hall–Kier alpha value is -1.65. The molecule has 0 saturated carbocycles. The molecule has 0 atom stereocenters. The summed E-state index contributed by atoms with van der Waals surface area (Å²) in [5.41, 5.74) is 1.37. The number of ketones is 1. The second-order valence-electron chi connectivity index (χ2n) is 6.43. The fourth-order valence-corrected chi connectivity index (χ4v) is 2.81. The molecule has 0 amide bonds. The molecule has 0 aromatic heterocycles. The smallest absolute Gasteiger partial charge is 0.193 e. The van der Waals surface area contributed by atoms with E-state index in [2.05, 4.69) is 34.9 Å². The maximum absolute atomic E-state index is 12.4. The van der Waals surface area contributed by atoms with Gasteiger partial charge in [-0.25, -0.2) is 0 Å². The quantitative estimate of drug-likeness (QED) is 0.404. The lowest BCUT2D eigenvalue weighted by molar-refractivity contribution is 0.103. The largest absolute Gasteiger partial charge is 0.494 e. The molecule has 0 aliphatic rings. The molecule has 0 radical (unpaired) electrons. The third-order valence-corrected chi connectivity index (χ3v) is 4.52. The van der Waals surface area contributed by atoms with Crippen LogP contribution < -0.4 is 4.74 Å². The van der Waals surface area contributed by atoms with E-state index in [0.29, 0.717) is 11.1 Å². The second-order valence-corrected chi connectivity index (χ2v) is 7.34. The van der Waals surface area contributed by atoms with Crippen molar-refractivity contribution in [3.63, 3.8) is 0 Å². The standard InChI is InChI=1S/C21H26BrNO2/c1-23(2)15-5-3-4-6-16-25-20-13-9-18(10-14-20)21(24)17-7-11-19(22)12-8-17/h7-14H,3-6,15-16H2,1-2H3. The van der Waals surface area contributed by atoms with Crippen molar-refractivity contribution in [2.24, 2.45) is 0 Å². The molecule has 0 spiro atoms. The Labute approximate surface area is 159 Å². The van der Waals surface area contributed by atoms with Gasteiger partial charge in [0.1, 0.15) is 5.75 Å². The fraction of sp³-hybridized carbons (Fsp3) is 0.381. The van der Waals surface area contributed by atoms with Crippen molar-refractivity contribution in [3.8, 4) is 5.75 Å². The highest BCUT2D eigenvalue weighted by atomic mass is 79.9. The minimum atomic E-state index is 0.0277. The molecule has 3 nitrogen and oxygen atoms in total. The molecule has 25 heavy (non-hydrogen) atoms. The topological polar surface area (TPSA) is 29.5 Å². The summed E-state index contributed by atoms with van der Waals surface area (Å²) < 4.78 is 6.73. The fourth-order valence-electron chi connectivity index (χ4n) is 2.54. The second kappa shape index (κ2) is 10.4. The number of benzene rings is 2. The van der Waals surface area contributed by atoms with Crippen LogP contribution in [-0.4, -0.2) is 37.9 Å². The van der Waals surface area contributed by atoms with Crippen molar-refractivity contribution in [2.45, 2.75) is 25.7 Å². The molecule has 2 rings (SSSR count). The average molecular weight is 404 g/mol. The first-order chi connectivity index (χ1) is 12.1. The van der Waals surface area contributed by atoms with E-state index in [1.807, 2.05) is 48.5 Å². The van der Waals surface area contributed by atoms with Gasteiger partial charge >= 0.3 is 0 Å². The first-order valence-electron chi connectivity index (χ1n) is 8.74. The van der Waals surface area contributed by atoms with Gasteiger partial charge in [-0.05, 0) is 82.0 Å². The molecule has 0 heterocycles. The minimum absolute atomic E-state index is 0.0277. The van der Waals surface area contributed by atoms with E-state index in [1.165, 1.54) is 19.3 Å². The van der Waals surface area contributed by atoms with Crippen molar-refractivity contribution < 1.29 is 9.53 Å². The van der Waals surface area contributed by atoms with Gasteiger partial charge in [0.2, 0.25) is 0 Å². The van der Waals surface area contributed by atoms with Crippen LogP contribution in [0.1, 0.15) is 41.6 Å². The van der Waals surface area contributed by atoms with Gasteiger partial charge in [0, 0.05) is 15.6 Å². The van der Waals surface area contributed by atoms with Crippen molar-refractivity contribution in [2.75, 3.05) is 27.2 Å². The summed E-state index contributed by atoms with van der Waals surface area (Å²) in [5, 5.41) is 0. The predicted octanol–water partition coefficient (Wildman–Crippen LogP) is 5.18. The van der Waals surface area contributed by atoms with Gasteiger partial charge in [-0.15, -0.1) is 0 Å². The van der Waals surface area contributed by atoms with Gasteiger partial charge in [-0.2, -0.15) is 0 Å². The zero-order valence-electron chi connectivity index (χ0n) is 15.0. The van der Waals surface area contributed by atoms with Crippen LogP contribution in [0.2, 0.25) is 0 Å². The molecule has 4 heteroatoms. The summed E-state index contributed by atoms with van der Waals surface area (Å²) >= 11 is 3.38. The van der Waals surface area contributed by atoms with Crippen LogP contribution in [0.25, 0.3) is 0 Å². The number of ether oxygens (including phenoxy) is 1. The lowest BCUT2D eigenvalue weighted by Gasteiger charge is -2.09. The van der Waals surface area contributed by atoms with Crippen LogP contribution >= 0.6 is 15.9 Å². The molecule has 134 valence electrons. The zero-order chi connectivity index (χ0) is 18.1. The van der Waals surface area contributed by atoms with E-state index in [9.17, 15) is 4.79 Å². The van der Waals surface area contributed by atoms with Crippen LogP contribution in [0.5, 0.6) is 5.75 Å². The molecule has 0 unspecified atom stereocenters. The Morgan fingerprint density at radius 1 is 0.880 bits per heavy atom. The van der Waals surface area contributed by atoms with E-state index in [-0.39, 0.29) is 5.78 Å². The van der Waals surface area contributed by atoms with Crippen molar-refractivity contribution in [3.05, 3.63) is 64.1 Å². The summed E-state index contributed by atoms with van der Waals surface area (Å²) in [6, 6.07) is 14.8. The van der Waals surface area contributed by atoms with E-state index < -0.39 is 0 Å². The number of unbranched alkanes of at least 4 members (excludes halogenated alkanes) is 3. The van der Waals surface area contributed by atoms with E-state index in [1.54, 1.807) is 0 Å². The molecule has 0 N–H and O–H groups in total. The Bertz CT molecular complexity index is 651. The molecular formula is C21H26BrNO2. The molecule has 0 saturated heterocycles. The summed E-state index contributed by atoms with van der Waals surface area (Å²) in [5.74, 6) is 0.848. The highest BCUT2D eigenvalue weighted by Crippen LogP contribution is 2.17. The summed E-state index contributed by atoms with van der Waals surface area (Å²) in [7, 11) is 4.21. The van der Waals surface area contributed by atoms with Crippen LogP contribution in [0.3, 0.4) is 0 Å². The van der Waals surface area contributed by atoms with E-state index in [4.69, 9.17) is 4.74 Å². The number of carbonyl (C=O) groups excluding carboxylic acids is 1. The van der Waals surface area contributed by atoms with Crippen molar-refractivity contribution in [1.82, 2.24) is 4.90 Å². The van der Waals surface area contributed by atoms with Gasteiger partial charge < -0.3 is 9.64 Å². The summed E-state index contributed by atoms with van der Waals surface area (Å²) in [6.45, 7) is 1.87. The van der Waals surface area contributed by atoms with Gasteiger partial charge in [-0.1, -0.05) is 28.8 Å². The normalized spacial score (nSPS) is 10.9. The predicted molar refractivity (Wildman–Crippen MR) is 107 cm³/mol. The van der Waals surface area contributed by atoms with Crippen LogP contribution in [0.4, 0.5) is 0 Å². The Kier molecular flexibility index (Phi) is 8.16. The van der Waals surface area contributed by atoms with Crippen molar-refractivity contribution >= 4 is 21.7 Å². The zero-order valence-corrected chi connectivity index (χ0v) is 16.6. The first kappa shape index (κ1) is 19.7. The van der Waals surface area contributed by atoms with Crippen LogP contribution in [-0.2, 0) is 0 Å². The molecular weight excluding hydrogens is 378 g/mol. The maximum Gasteiger partial charge on any atom is 0.193 e. The highest BCUT2D eigenvalue weighted by Gasteiger charge is 2.08. The van der Waals surface area contributed by atoms with Gasteiger partial charge in [0.05, 0.1) is 6.61 Å². The third-order valence-electron chi connectivity index (χ3n) is 3.99. The molecule has 0 fully saturated rings. The SMILES string of the molecule is CN(C)CCCCCCOc1ccc(C(=O)c2ccc(Br)cc2)cc1. The van der Waals surface area contributed by atoms with Gasteiger partial charge in [0.25, 0.3) is 0 Å². The Balaban J connectivity index is 1.74. The number of nitrogens with zero attached hydrogens (tertiary/aromatic N) is 1. The summed E-state index contributed by atoms with van der Waals surface area (Å²) in [4.78, 5) is 14.6. The molecule has 2 aromatic rings. The average Bonchev–Trinajstić information content (AvgIpc) is 2.61. The number of carbonyl (C=O) groups is 1. The van der Waals surface area contributed by atoms with Crippen molar-refractivity contribution in [1.29, 1.82) is 0 Å². The van der Waals surface area contributed by atoms with Gasteiger partial charge in [-0.3, -0.25) is 4.79 Å². The number of rotatable bonds is 10. The number of halogens is 1. The van der Waals surface area contributed by atoms with Gasteiger partial charge in [0.15, 0.2) is 5.78 Å². The van der Waals surface area contributed by atoms with Crippen LogP contribution in [0.15, 0.2) is 53.0 Å². The minimum Gasteiger partial charge on any atom is -0.494 e. The molecule has 0 bridgehead atoms.